The van der Waals surface area contributed by atoms with Crippen LogP contribution in [0.4, 0.5) is 5.69 Å². The van der Waals surface area contributed by atoms with Crippen molar-refractivity contribution < 1.29 is 18.9 Å². The van der Waals surface area contributed by atoms with Crippen LogP contribution in [0.5, 0.6) is 5.75 Å². The van der Waals surface area contributed by atoms with Gasteiger partial charge in [-0.05, 0) is 18.6 Å². The average molecular weight is 315 g/mol. The highest BCUT2D eigenvalue weighted by Gasteiger charge is 2.17. The molecule has 0 unspecified atom stereocenters. The Morgan fingerprint density at radius 3 is 2.74 bits per heavy atom. The van der Waals surface area contributed by atoms with E-state index < -0.39 is 16.3 Å². The fraction of sp³-hybridized carbons (Fsp3) is 0.125. The van der Waals surface area contributed by atoms with Crippen LogP contribution >= 0.6 is 0 Å². The minimum Gasteiger partial charge on any atom is -0.496 e. The predicted molar refractivity (Wildman–Crippen MR) is 82.7 cm³/mol. The summed E-state index contributed by atoms with van der Waals surface area (Å²) in [5, 5.41) is 10.7. The first-order chi connectivity index (χ1) is 10.9. The second-order valence-electron chi connectivity index (χ2n) is 4.64. The molecule has 1 heterocycles. The molecule has 0 aliphatic rings. The highest BCUT2D eigenvalue weighted by atomic mass is 16.6. The minimum atomic E-state index is -0.796. The summed E-state index contributed by atoms with van der Waals surface area (Å²) in [6.07, 6.45) is 2.53. The largest absolute Gasteiger partial charge is 0.496 e. The number of hydrogen-bond donors (Lipinski definition) is 0. The number of hydrogen-bond acceptors (Lipinski definition) is 6. The van der Waals surface area contributed by atoms with Crippen molar-refractivity contribution in [3.63, 3.8) is 0 Å². The van der Waals surface area contributed by atoms with Gasteiger partial charge in [-0.3, -0.25) is 14.9 Å². The van der Waals surface area contributed by atoms with Crippen molar-refractivity contribution in [1.29, 1.82) is 0 Å². The number of non-ortho nitro benzene ring substituents is 1. The van der Waals surface area contributed by atoms with Crippen molar-refractivity contribution in [2.45, 2.75) is 6.92 Å². The second-order valence-corrected chi connectivity index (χ2v) is 4.64. The monoisotopic (exact) mass is 315 g/mol. The third-order valence-electron chi connectivity index (χ3n) is 3.01. The zero-order chi connectivity index (χ0) is 17.0. The lowest BCUT2D eigenvalue weighted by atomic mass is 10.1. The number of ketones is 1. The van der Waals surface area contributed by atoms with Gasteiger partial charge in [0.2, 0.25) is 0 Å². The van der Waals surface area contributed by atoms with Crippen molar-refractivity contribution in [1.82, 2.24) is 0 Å². The summed E-state index contributed by atoms with van der Waals surface area (Å²) in [6.45, 7) is 1.57. The summed E-state index contributed by atoms with van der Waals surface area (Å²) >= 11 is 0. The molecule has 0 radical (unpaired) electrons. The zero-order valence-corrected chi connectivity index (χ0v) is 12.4. The summed E-state index contributed by atoms with van der Waals surface area (Å²) in [6, 6.07) is 7.21. The van der Waals surface area contributed by atoms with Gasteiger partial charge in [0.15, 0.2) is 5.78 Å². The number of methoxy groups -OCH3 is 1. The zero-order valence-electron chi connectivity index (χ0n) is 12.4. The van der Waals surface area contributed by atoms with Crippen LogP contribution in [0, 0.1) is 17.0 Å². The molecule has 0 aliphatic heterocycles. The fourth-order valence-electron chi connectivity index (χ4n) is 1.96. The molecule has 0 fully saturated rings. The van der Waals surface area contributed by atoms with E-state index in [0.717, 1.165) is 6.08 Å². The van der Waals surface area contributed by atoms with E-state index in [1.54, 1.807) is 13.0 Å². The van der Waals surface area contributed by atoms with Crippen LogP contribution in [0.2, 0.25) is 0 Å². The number of rotatable bonds is 5. The van der Waals surface area contributed by atoms with Crippen molar-refractivity contribution in [3.05, 3.63) is 73.8 Å². The third kappa shape index (κ3) is 3.70. The number of nitro groups is 1. The molecule has 2 rings (SSSR count). The average Bonchev–Trinajstić information content (AvgIpc) is 2.52. The smallest absolute Gasteiger partial charge is 0.351 e. The van der Waals surface area contributed by atoms with Crippen LogP contribution in [0.15, 0.2) is 45.6 Å². The maximum absolute atomic E-state index is 12.2. The first-order valence-corrected chi connectivity index (χ1v) is 6.58. The molecule has 0 saturated heterocycles. The molecule has 0 spiro atoms. The molecular formula is C16H13NO6. The molecule has 7 heteroatoms. The number of carbonyl (C=O) groups is 1. The van der Waals surface area contributed by atoms with Crippen LogP contribution < -0.4 is 10.4 Å². The molecule has 23 heavy (non-hydrogen) atoms. The summed E-state index contributed by atoms with van der Waals surface area (Å²) in [5.74, 6) is -0.166. The number of benzene rings is 1. The van der Waals surface area contributed by atoms with Crippen molar-refractivity contribution >= 4 is 17.5 Å². The number of aryl methyl sites for hydroxylation is 1. The summed E-state index contributed by atoms with van der Waals surface area (Å²) in [5.41, 5.74) is -0.648. The Hall–Kier alpha value is -3.22. The van der Waals surface area contributed by atoms with E-state index >= 15 is 0 Å². The highest BCUT2D eigenvalue weighted by Crippen LogP contribution is 2.18. The van der Waals surface area contributed by atoms with Gasteiger partial charge in [-0.2, -0.15) is 0 Å². The Morgan fingerprint density at radius 1 is 1.35 bits per heavy atom. The molecule has 0 atom stereocenters. The summed E-state index contributed by atoms with van der Waals surface area (Å²) < 4.78 is 9.92. The van der Waals surface area contributed by atoms with E-state index in [-0.39, 0.29) is 17.0 Å². The first-order valence-electron chi connectivity index (χ1n) is 6.58. The Labute approximate surface area is 131 Å². The van der Waals surface area contributed by atoms with Gasteiger partial charge in [-0.15, -0.1) is 0 Å². The van der Waals surface area contributed by atoms with E-state index in [4.69, 9.17) is 9.15 Å². The maximum Gasteiger partial charge on any atom is 0.351 e. The Morgan fingerprint density at radius 2 is 2.09 bits per heavy atom. The predicted octanol–water partition coefficient (Wildman–Crippen LogP) is 2.76. The van der Waals surface area contributed by atoms with Gasteiger partial charge in [0.1, 0.15) is 17.1 Å². The molecule has 1 aromatic carbocycles. The van der Waals surface area contributed by atoms with Gasteiger partial charge < -0.3 is 9.15 Å². The lowest BCUT2D eigenvalue weighted by Gasteiger charge is -2.04. The van der Waals surface area contributed by atoms with Gasteiger partial charge in [-0.25, -0.2) is 4.79 Å². The molecule has 0 amide bonds. The topological polar surface area (TPSA) is 99.7 Å². The highest BCUT2D eigenvalue weighted by molar-refractivity contribution is 6.08. The number of nitrogens with zero attached hydrogens (tertiary/aromatic N) is 1. The molecule has 2 aromatic rings. The van der Waals surface area contributed by atoms with Gasteiger partial charge in [-0.1, -0.05) is 18.2 Å². The van der Waals surface area contributed by atoms with Gasteiger partial charge >= 0.3 is 5.63 Å². The van der Waals surface area contributed by atoms with Crippen molar-refractivity contribution in [2.24, 2.45) is 0 Å². The van der Waals surface area contributed by atoms with E-state index in [2.05, 4.69) is 0 Å². The number of carbonyl (C=O) groups excluding carboxylic acids is 1. The normalized spacial score (nSPS) is 10.7. The van der Waals surface area contributed by atoms with Gasteiger partial charge in [0, 0.05) is 18.2 Å². The van der Waals surface area contributed by atoms with Crippen LogP contribution in [0.25, 0.3) is 6.08 Å². The number of nitro benzene ring substituents is 1. The van der Waals surface area contributed by atoms with E-state index in [1.807, 2.05) is 0 Å². The Balaban J connectivity index is 2.34. The Bertz CT molecular complexity index is 850. The number of ether oxygens (including phenoxy) is 1. The Kier molecular flexibility index (Phi) is 4.70. The lowest BCUT2D eigenvalue weighted by Crippen LogP contribution is -2.14. The SMILES string of the molecule is COc1cc(C)oc(=O)c1C(=O)C=Cc1cccc([N+](=O)[O-])c1. The summed E-state index contributed by atoms with van der Waals surface area (Å²) in [4.78, 5) is 34.2. The van der Waals surface area contributed by atoms with E-state index in [9.17, 15) is 19.7 Å². The van der Waals surface area contributed by atoms with Crippen LogP contribution in [0.3, 0.4) is 0 Å². The van der Waals surface area contributed by atoms with Crippen LogP contribution in [0.1, 0.15) is 21.7 Å². The molecule has 1 aromatic heterocycles. The quantitative estimate of drug-likeness (QED) is 0.364. The molecule has 0 aliphatic carbocycles. The van der Waals surface area contributed by atoms with Crippen LogP contribution in [-0.2, 0) is 0 Å². The van der Waals surface area contributed by atoms with E-state index in [1.165, 1.54) is 37.5 Å². The molecular weight excluding hydrogens is 302 g/mol. The molecule has 7 nitrogen and oxygen atoms in total. The second kappa shape index (κ2) is 6.69. The summed E-state index contributed by atoms with van der Waals surface area (Å²) in [7, 11) is 1.34. The standard InChI is InChI=1S/C16H13NO6/c1-10-8-14(22-2)15(16(19)23-10)13(18)7-6-11-4-3-5-12(9-11)17(20)21/h3-9H,1-2H3. The number of allylic oxidation sites excluding steroid dienone is 1. The van der Waals surface area contributed by atoms with Crippen molar-refractivity contribution in [2.75, 3.05) is 7.11 Å². The van der Waals surface area contributed by atoms with E-state index in [0.29, 0.717) is 11.3 Å². The lowest BCUT2D eigenvalue weighted by molar-refractivity contribution is -0.384. The minimum absolute atomic E-state index is 0.0907. The maximum atomic E-state index is 12.2. The molecule has 118 valence electrons. The fourth-order valence-corrected chi connectivity index (χ4v) is 1.96. The van der Waals surface area contributed by atoms with Gasteiger partial charge in [0.25, 0.3) is 5.69 Å². The molecule has 0 bridgehead atoms. The molecule has 0 saturated carbocycles. The van der Waals surface area contributed by atoms with Gasteiger partial charge in [0.05, 0.1) is 12.0 Å². The van der Waals surface area contributed by atoms with Crippen molar-refractivity contribution in [3.8, 4) is 5.75 Å². The molecule has 0 N–H and O–H groups in total. The van der Waals surface area contributed by atoms with Crippen LogP contribution in [-0.4, -0.2) is 17.8 Å². The first kappa shape index (κ1) is 16.2. The third-order valence-corrected chi connectivity index (χ3v) is 3.01.